The highest BCUT2D eigenvalue weighted by molar-refractivity contribution is 5.95. The molecule has 0 bridgehead atoms. The second-order valence-electron chi connectivity index (χ2n) is 6.72. The summed E-state index contributed by atoms with van der Waals surface area (Å²) in [6, 6.07) is 15.1. The average Bonchev–Trinajstić information content (AvgIpc) is 3.06. The molecule has 0 aliphatic carbocycles. The zero-order valence-electron chi connectivity index (χ0n) is 16.0. The van der Waals surface area contributed by atoms with Gasteiger partial charge in [0.15, 0.2) is 0 Å². The number of nitrogens with two attached hydrogens (primary N) is 1. The molecule has 1 aliphatic heterocycles. The van der Waals surface area contributed by atoms with E-state index in [4.69, 9.17) is 15.9 Å². The van der Waals surface area contributed by atoms with E-state index in [1.807, 2.05) is 48.5 Å². The van der Waals surface area contributed by atoms with Crippen LogP contribution in [0.15, 0.2) is 48.5 Å². The first kappa shape index (κ1) is 22.2. The molecule has 3 rings (SSSR count). The number of amidine groups is 1. The molecule has 1 saturated heterocycles. The summed E-state index contributed by atoms with van der Waals surface area (Å²) in [5.74, 6) is -0.298. The number of halogens is 1. The Balaban J connectivity index is 0.00000300. The van der Waals surface area contributed by atoms with Gasteiger partial charge in [-0.1, -0.05) is 36.4 Å². The van der Waals surface area contributed by atoms with Crippen molar-refractivity contribution in [2.24, 2.45) is 17.6 Å². The van der Waals surface area contributed by atoms with Crippen LogP contribution in [0.3, 0.4) is 0 Å². The number of ether oxygens (including phenoxy) is 2. The summed E-state index contributed by atoms with van der Waals surface area (Å²) in [5, 5.41) is 10.2. The molecule has 1 fully saturated rings. The highest BCUT2D eigenvalue weighted by Crippen LogP contribution is 2.26. The van der Waals surface area contributed by atoms with Crippen LogP contribution in [-0.4, -0.2) is 38.0 Å². The SMILES string of the molecule is COC(=O)CC1C(=O)NCC1COc1ccc(-c2ccc(C(=N)N)cc2)cc1.Cl. The maximum absolute atomic E-state index is 11.9. The van der Waals surface area contributed by atoms with Crippen LogP contribution in [0.2, 0.25) is 0 Å². The molecule has 1 aliphatic rings. The lowest BCUT2D eigenvalue weighted by Crippen LogP contribution is -2.25. The van der Waals surface area contributed by atoms with Crippen LogP contribution in [0.1, 0.15) is 12.0 Å². The molecular weight excluding hydrogens is 394 g/mol. The Morgan fingerprint density at radius 1 is 1.14 bits per heavy atom. The van der Waals surface area contributed by atoms with Crippen molar-refractivity contribution in [1.82, 2.24) is 5.32 Å². The number of hydrogen-bond donors (Lipinski definition) is 3. The number of nitrogen functional groups attached to an aromatic ring is 1. The molecule has 154 valence electrons. The van der Waals surface area contributed by atoms with E-state index in [0.717, 1.165) is 11.1 Å². The van der Waals surface area contributed by atoms with Crippen molar-refractivity contribution in [3.05, 3.63) is 54.1 Å². The van der Waals surface area contributed by atoms with Gasteiger partial charge in [-0.3, -0.25) is 15.0 Å². The van der Waals surface area contributed by atoms with Gasteiger partial charge in [-0.2, -0.15) is 0 Å². The average molecular weight is 418 g/mol. The molecule has 0 saturated carbocycles. The van der Waals surface area contributed by atoms with E-state index in [0.29, 0.717) is 24.5 Å². The lowest BCUT2D eigenvalue weighted by atomic mass is 9.93. The van der Waals surface area contributed by atoms with Crippen LogP contribution < -0.4 is 15.8 Å². The minimum atomic E-state index is -0.425. The number of nitrogens with one attached hydrogen (secondary N) is 2. The second kappa shape index (κ2) is 9.93. The molecule has 2 atom stereocenters. The summed E-state index contributed by atoms with van der Waals surface area (Å²) in [7, 11) is 1.32. The van der Waals surface area contributed by atoms with E-state index in [1.165, 1.54) is 7.11 Å². The summed E-state index contributed by atoms with van der Waals surface area (Å²) in [4.78, 5) is 23.4. The highest BCUT2D eigenvalue weighted by atomic mass is 35.5. The number of esters is 1. The number of methoxy groups -OCH3 is 1. The van der Waals surface area contributed by atoms with Gasteiger partial charge in [-0.05, 0) is 23.3 Å². The largest absolute Gasteiger partial charge is 0.493 e. The van der Waals surface area contributed by atoms with Crippen LogP contribution in [0.5, 0.6) is 5.75 Å². The van der Waals surface area contributed by atoms with Crippen molar-refractivity contribution in [3.63, 3.8) is 0 Å². The maximum Gasteiger partial charge on any atom is 0.306 e. The maximum atomic E-state index is 11.9. The highest BCUT2D eigenvalue weighted by Gasteiger charge is 2.36. The van der Waals surface area contributed by atoms with Crippen molar-refractivity contribution in [2.45, 2.75) is 6.42 Å². The van der Waals surface area contributed by atoms with Gasteiger partial charge in [0.05, 0.1) is 26.1 Å². The lowest BCUT2D eigenvalue weighted by Gasteiger charge is -2.16. The smallest absolute Gasteiger partial charge is 0.306 e. The van der Waals surface area contributed by atoms with Gasteiger partial charge in [0, 0.05) is 18.0 Å². The third-order valence-electron chi connectivity index (χ3n) is 4.91. The molecule has 8 heteroatoms. The minimum Gasteiger partial charge on any atom is -0.493 e. The number of hydrogen-bond acceptors (Lipinski definition) is 5. The van der Waals surface area contributed by atoms with Crippen LogP contribution in [-0.2, 0) is 14.3 Å². The van der Waals surface area contributed by atoms with Crippen molar-refractivity contribution in [2.75, 3.05) is 20.3 Å². The third-order valence-corrected chi connectivity index (χ3v) is 4.91. The Kier molecular flexibility index (Phi) is 7.61. The zero-order valence-corrected chi connectivity index (χ0v) is 16.8. The van der Waals surface area contributed by atoms with Crippen LogP contribution in [0.4, 0.5) is 0 Å². The monoisotopic (exact) mass is 417 g/mol. The first-order valence-electron chi connectivity index (χ1n) is 9.00. The molecule has 7 nitrogen and oxygen atoms in total. The third kappa shape index (κ3) is 5.48. The van der Waals surface area contributed by atoms with E-state index >= 15 is 0 Å². The normalized spacial score (nSPS) is 17.8. The predicted molar refractivity (Wildman–Crippen MR) is 112 cm³/mol. The zero-order chi connectivity index (χ0) is 20.1. The van der Waals surface area contributed by atoms with E-state index in [9.17, 15) is 9.59 Å². The fourth-order valence-corrected chi connectivity index (χ4v) is 3.21. The number of amides is 1. The number of benzene rings is 2. The Hall–Kier alpha value is -3.06. The first-order chi connectivity index (χ1) is 13.5. The van der Waals surface area contributed by atoms with E-state index in [-0.39, 0.29) is 36.5 Å². The van der Waals surface area contributed by atoms with Gasteiger partial charge in [0.2, 0.25) is 5.91 Å². The Morgan fingerprint density at radius 3 is 2.28 bits per heavy atom. The topological polar surface area (TPSA) is 115 Å². The van der Waals surface area contributed by atoms with Gasteiger partial charge in [0.25, 0.3) is 0 Å². The summed E-state index contributed by atoms with van der Waals surface area (Å²) in [6.07, 6.45) is 0.0611. The lowest BCUT2D eigenvalue weighted by molar-refractivity contribution is -0.144. The quantitative estimate of drug-likeness (QED) is 0.363. The standard InChI is InChI=1S/C21H23N3O4.ClH/c1-27-19(25)10-18-16(11-24-21(18)26)12-28-17-8-6-14(7-9-17)13-2-4-15(5-3-13)20(22)23;/h2-9,16,18H,10-12H2,1H3,(H3,22,23)(H,24,26);1H. The van der Waals surface area contributed by atoms with Crippen LogP contribution in [0, 0.1) is 17.2 Å². The predicted octanol–water partition coefficient (Wildman–Crippen LogP) is 2.36. The van der Waals surface area contributed by atoms with Gasteiger partial charge in [-0.25, -0.2) is 0 Å². The molecule has 0 aromatic heterocycles. The van der Waals surface area contributed by atoms with E-state index in [1.54, 1.807) is 0 Å². The van der Waals surface area contributed by atoms with Crippen molar-refractivity contribution >= 4 is 30.1 Å². The Bertz CT molecular complexity index is 868. The molecule has 1 heterocycles. The van der Waals surface area contributed by atoms with Crippen molar-refractivity contribution < 1.29 is 19.1 Å². The van der Waals surface area contributed by atoms with E-state index in [2.05, 4.69) is 10.1 Å². The molecule has 2 aromatic carbocycles. The second-order valence-corrected chi connectivity index (χ2v) is 6.72. The molecule has 0 spiro atoms. The molecule has 1 amide bonds. The Morgan fingerprint density at radius 2 is 1.72 bits per heavy atom. The van der Waals surface area contributed by atoms with Gasteiger partial charge in [-0.15, -0.1) is 12.4 Å². The number of rotatable bonds is 7. The summed E-state index contributed by atoms with van der Waals surface area (Å²) in [5.41, 5.74) is 8.19. The fourth-order valence-electron chi connectivity index (χ4n) is 3.21. The van der Waals surface area contributed by atoms with Crippen molar-refractivity contribution in [3.8, 4) is 16.9 Å². The molecular formula is C21H24ClN3O4. The van der Waals surface area contributed by atoms with Gasteiger partial charge < -0.3 is 20.5 Å². The fraction of sp³-hybridized carbons (Fsp3) is 0.286. The van der Waals surface area contributed by atoms with Crippen LogP contribution in [0.25, 0.3) is 11.1 Å². The number of carbonyl (C=O) groups is 2. The van der Waals surface area contributed by atoms with Gasteiger partial charge in [0.1, 0.15) is 11.6 Å². The Labute approximate surface area is 175 Å². The molecule has 0 radical (unpaired) electrons. The molecule has 2 aromatic rings. The number of carbonyl (C=O) groups excluding carboxylic acids is 2. The molecule has 2 unspecified atom stereocenters. The molecule has 29 heavy (non-hydrogen) atoms. The first-order valence-corrected chi connectivity index (χ1v) is 9.00. The van der Waals surface area contributed by atoms with E-state index < -0.39 is 11.9 Å². The van der Waals surface area contributed by atoms with Gasteiger partial charge >= 0.3 is 5.97 Å². The summed E-state index contributed by atoms with van der Waals surface area (Å²) >= 11 is 0. The van der Waals surface area contributed by atoms with Crippen LogP contribution >= 0.6 is 12.4 Å². The summed E-state index contributed by atoms with van der Waals surface area (Å²) in [6.45, 7) is 0.828. The molecule has 4 N–H and O–H groups in total. The summed E-state index contributed by atoms with van der Waals surface area (Å²) < 4.78 is 10.5. The minimum absolute atomic E-state index is 0. The van der Waals surface area contributed by atoms with Crippen molar-refractivity contribution in [1.29, 1.82) is 5.41 Å².